The number of aliphatic hydroxyl groups is 2. The molecule has 0 saturated heterocycles. The Kier molecular flexibility index (Phi) is 17.2. The highest BCUT2D eigenvalue weighted by molar-refractivity contribution is 6.75. The first-order valence-corrected chi connectivity index (χ1v) is 29.2. The van der Waals surface area contributed by atoms with E-state index < -0.39 is 33.3 Å². The summed E-state index contributed by atoms with van der Waals surface area (Å²) in [5.41, 5.74) is 2.55. The zero-order valence-corrected chi connectivity index (χ0v) is 36.0. The first-order valence-electron chi connectivity index (χ1n) is 19.1. The maximum absolute atomic E-state index is 10.9. The molecule has 2 heterocycles. The Labute approximate surface area is 287 Å². The lowest BCUT2D eigenvalue weighted by Gasteiger charge is -2.52. The maximum Gasteiger partial charge on any atom is 0.193 e. The molecule has 0 unspecified atom stereocenters. The standard InChI is InChI=1S/C35H73NO6Si4/c1-13-43(14-2,15-3)39-28-31-33(40-44(16-4,17-5)18-6)35(42-46(22-10,23-11)24-12)34(41-45(19-7,20-8)21-9)32-30(27-38)29(26-37)25-36(31)32/h25,31,33-35,37-38H,13-24,26-28H2,1-12H3/t31-,33-,34+,35+/m1/s1. The molecule has 2 rings (SSSR count). The highest BCUT2D eigenvalue weighted by Crippen LogP contribution is 2.48. The van der Waals surface area contributed by atoms with Gasteiger partial charge in [-0.1, -0.05) is 83.1 Å². The molecule has 1 aliphatic rings. The Morgan fingerprint density at radius 3 is 1.30 bits per heavy atom. The summed E-state index contributed by atoms with van der Waals surface area (Å²) < 4.78 is 32.4. The van der Waals surface area contributed by atoms with E-state index >= 15 is 0 Å². The molecule has 0 aliphatic carbocycles. The number of aliphatic hydroxyl groups excluding tert-OH is 2. The molecule has 270 valence electrons. The van der Waals surface area contributed by atoms with Crippen LogP contribution < -0.4 is 0 Å². The molecule has 0 spiro atoms. The number of hydrogen-bond acceptors (Lipinski definition) is 6. The average Bonchev–Trinajstić information content (AvgIpc) is 3.49. The minimum Gasteiger partial charge on any atom is -0.415 e. The molecule has 2 N–H and O–H groups in total. The van der Waals surface area contributed by atoms with E-state index in [-0.39, 0.29) is 37.6 Å². The maximum atomic E-state index is 10.9. The van der Waals surface area contributed by atoms with Gasteiger partial charge in [-0.15, -0.1) is 0 Å². The van der Waals surface area contributed by atoms with Crippen molar-refractivity contribution in [3.05, 3.63) is 23.0 Å². The predicted octanol–water partition coefficient (Wildman–Crippen LogP) is 9.89. The number of rotatable bonds is 23. The van der Waals surface area contributed by atoms with Crippen LogP contribution in [0, 0.1) is 0 Å². The third-order valence-corrected chi connectivity index (χ3v) is 31.2. The summed E-state index contributed by atoms with van der Waals surface area (Å²) >= 11 is 0. The zero-order chi connectivity index (χ0) is 34.8. The van der Waals surface area contributed by atoms with Crippen molar-refractivity contribution in [3.8, 4) is 0 Å². The second-order valence-corrected chi connectivity index (χ2v) is 32.7. The number of nitrogens with zero attached hydrogens (tertiary/aromatic N) is 1. The molecule has 1 aliphatic heterocycles. The van der Waals surface area contributed by atoms with E-state index in [9.17, 15) is 10.2 Å². The van der Waals surface area contributed by atoms with E-state index in [2.05, 4.69) is 93.8 Å². The Morgan fingerprint density at radius 2 is 0.935 bits per heavy atom. The molecule has 4 atom stereocenters. The van der Waals surface area contributed by atoms with Crippen LogP contribution in [0.1, 0.15) is 112 Å². The second-order valence-electron chi connectivity index (χ2n) is 13.8. The molecule has 1 aromatic heterocycles. The van der Waals surface area contributed by atoms with Crippen molar-refractivity contribution in [2.24, 2.45) is 0 Å². The van der Waals surface area contributed by atoms with Gasteiger partial charge in [-0.3, -0.25) is 0 Å². The SMILES string of the molecule is CC[Si](CC)(CC)OC[C@@H]1[C@@H](O[Si](CC)(CC)CC)[C@H](O[Si](CC)(CC)CC)[C@@H](O[Si](CC)(CC)CC)c2c(CO)c(CO)cn21. The van der Waals surface area contributed by atoms with Crippen LogP contribution in [0.25, 0.3) is 0 Å². The van der Waals surface area contributed by atoms with Gasteiger partial charge in [-0.25, -0.2) is 0 Å². The van der Waals surface area contributed by atoms with Crippen LogP contribution in [0.3, 0.4) is 0 Å². The molecule has 0 fully saturated rings. The van der Waals surface area contributed by atoms with Crippen molar-refractivity contribution in [1.82, 2.24) is 4.57 Å². The first-order chi connectivity index (χ1) is 22.0. The van der Waals surface area contributed by atoms with Gasteiger partial charge in [0, 0.05) is 17.3 Å². The topological polar surface area (TPSA) is 82.3 Å². The normalized spacial score (nSPS) is 21.2. The molecule has 0 amide bonds. The quantitative estimate of drug-likeness (QED) is 0.110. The van der Waals surface area contributed by atoms with E-state index in [4.69, 9.17) is 17.7 Å². The molecular weight excluding hydrogens is 643 g/mol. The molecule has 7 nitrogen and oxygen atoms in total. The fourth-order valence-electron chi connectivity index (χ4n) is 7.99. The van der Waals surface area contributed by atoms with Gasteiger partial charge in [-0.05, 0) is 72.5 Å². The lowest BCUT2D eigenvalue weighted by Crippen LogP contribution is -2.59. The summed E-state index contributed by atoms with van der Waals surface area (Å²) in [6.45, 7) is 27.8. The summed E-state index contributed by atoms with van der Waals surface area (Å²) in [6.07, 6.45) is 1.18. The molecule has 0 aromatic carbocycles. The van der Waals surface area contributed by atoms with Gasteiger partial charge in [0.05, 0.1) is 37.7 Å². The van der Waals surface area contributed by atoms with Gasteiger partial charge in [0.25, 0.3) is 0 Å². The Bertz CT molecular complexity index is 990. The van der Waals surface area contributed by atoms with E-state index in [1.54, 1.807) is 0 Å². The molecule has 11 heteroatoms. The monoisotopic (exact) mass is 715 g/mol. The van der Waals surface area contributed by atoms with E-state index in [0.717, 1.165) is 89.3 Å². The summed E-state index contributed by atoms with van der Waals surface area (Å²) in [5.74, 6) is 0. The molecular formula is C35H73NO6Si4. The van der Waals surface area contributed by atoms with Gasteiger partial charge in [0.1, 0.15) is 12.2 Å². The van der Waals surface area contributed by atoms with E-state index in [0.29, 0.717) is 6.61 Å². The van der Waals surface area contributed by atoms with Crippen molar-refractivity contribution in [2.75, 3.05) is 6.61 Å². The second kappa shape index (κ2) is 18.8. The van der Waals surface area contributed by atoms with Crippen molar-refractivity contribution < 1.29 is 27.9 Å². The van der Waals surface area contributed by atoms with Crippen molar-refractivity contribution in [1.29, 1.82) is 0 Å². The molecule has 0 radical (unpaired) electrons. The molecule has 0 bridgehead atoms. The third-order valence-electron chi connectivity index (χ3n) is 12.7. The first kappa shape index (κ1) is 42.1. The van der Waals surface area contributed by atoms with Crippen LogP contribution >= 0.6 is 0 Å². The predicted molar refractivity (Wildman–Crippen MR) is 204 cm³/mol. The highest BCUT2D eigenvalue weighted by Gasteiger charge is 2.53. The van der Waals surface area contributed by atoms with Gasteiger partial charge >= 0.3 is 0 Å². The van der Waals surface area contributed by atoms with Crippen LogP contribution in [0.2, 0.25) is 72.5 Å². The van der Waals surface area contributed by atoms with Crippen LogP contribution in [-0.2, 0) is 30.9 Å². The lowest BCUT2D eigenvalue weighted by molar-refractivity contribution is -0.0868. The van der Waals surface area contributed by atoms with Gasteiger partial charge in [0.2, 0.25) is 0 Å². The van der Waals surface area contributed by atoms with E-state index in [1.165, 1.54) is 0 Å². The van der Waals surface area contributed by atoms with Crippen molar-refractivity contribution >= 4 is 33.3 Å². The fraction of sp³-hybridized carbons (Fsp3) is 0.886. The minimum absolute atomic E-state index is 0.127. The van der Waals surface area contributed by atoms with Crippen LogP contribution in [0.5, 0.6) is 0 Å². The summed E-state index contributed by atoms with van der Waals surface area (Å²) in [7, 11) is -8.34. The molecule has 46 heavy (non-hydrogen) atoms. The summed E-state index contributed by atoms with van der Waals surface area (Å²) in [4.78, 5) is 0. The zero-order valence-electron chi connectivity index (χ0n) is 32.0. The van der Waals surface area contributed by atoms with Crippen LogP contribution in [-0.4, -0.2) is 66.9 Å². The lowest BCUT2D eigenvalue weighted by atomic mass is 9.92. The van der Waals surface area contributed by atoms with Crippen LogP contribution in [0.15, 0.2) is 6.20 Å². The summed E-state index contributed by atoms with van der Waals surface area (Å²) in [6, 6.07) is 12.5. The van der Waals surface area contributed by atoms with E-state index in [1.807, 2.05) is 0 Å². The largest absolute Gasteiger partial charge is 0.415 e. The van der Waals surface area contributed by atoms with Gasteiger partial charge in [0.15, 0.2) is 33.3 Å². The molecule has 1 aromatic rings. The summed E-state index contributed by atoms with van der Waals surface area (Å²) in [5, 5.41) is 21.5. The number of hydrogen-bond donors (Lipinski definition) is 2. The Balaban J connectivity index is 3.05. The smallest absolute Gasteiger partial charge is 0.193 e. The molecule has 0 saturated carbocycles. The van der Waals surface area contributed by atoms with Gasteiger partial charge in [-0.2, -0.15) is 0 Å². The van der Waals surface area contributed by atoms with Crippen molar-refractivity contribution in [3.63, 3.8) is 0 Å². The minimum atomic E-state index is -2.15. The number of fused-ring (bicyclic) bond motifs is 1. The average molecular weight is 716 g/mol. The number of aromatic nitrogens is 1. The van der Waals surface area contributed by atoms with Crippen molar-refractivity contribution in [2.45, 2.75) is 193 Å². The fourth-order valence-corrected chi connectivity index (χ4v) is 19.1. The van der Waals surface area contributed by atoms with Crippen LogP contribution in [0.4, 0.5) is 0 Å². The van der Waals surface area contributed by atoms with Gasteiger partial charge < -0.3 is 32.5 Å². The Morgan fingerprint density at radius 1 is 0.543 bits per heavy atom. The Hall–Kier alpha value is -0.0925. The highest BCUT2D eigenvalue weighted by atomic mass is 28.4. The third kappa shape index (κ3) is 8.61.